The number of hydrogen-bond acceptors (Lipinski definition) is 3. The Morgan fingerprint density at radius 2 is 1.45 bits per heavy atom. The van der Waals surface area contributed by atoms with Crippen molar-refractivity contribution in [3.05, 3.63) is 70.8 Å². The average Bonchev–Trinajstić information content (AvgIpc) is 2.73. The molecule has 0 radical (unpaired) electrons. The summed E-state index contributed by atoms with van der Waals surface area (Å²) in [4.78, 5) is 25.7. The van der Waals surface area contributed by atoms with Crippen molar-refractivity contribution in [3.8, 4) is 0 Å². The second kappa shape index (κ2) is 5.99. The molecule has 1 aliphatic rings. The van der Waals surface area contributed by atoms with Crippen LogP contribution in [0.15, 0.2) is 48.5 Å². The van der Waals surface area contributed by atoms with Gasteiger partial charge in [-0.2, -0.15) is 0 Å². The monoisotopic (exact) mass is 315 g/mol. The van der Waals surface area contributed by atoms with Gasteiger partial charge in [-0.15, -0.1) is 12.4 Å². The molecule has 2 aromatic rings. The highest BCUT2D eigenvalue weighted by Gasteiger charge is 2.34. The van der Waals surface area contributed by atoms with E-state index in [4.69, 9.17) is 11.1 Å². The predicted octanol–water partition coefficient (Wildman–Crippen LogP) is 2.19. The second-order valence-corrected chi connectivity index (χ2v) is 4.85. The number of rotatable bonds is 3. The summed E-state index contributed by atoms with van der Waals surface area (Å²) < 4.78 is 0. The van der Waals surface area contributed by atoms with Gasteiger partial charge in [0, 0.05) is 5.56 Å². The fourth-order valence-electron chi connectivity index (χ4n) is 2.36. The van der Waals surface area contributed by atoms with E-state index >= 15 is 0 Å². The first kappa shape index (κ1) is 15.7. The number of amides is 2. The fourth-order valence-corrected chi connectivity index (χ4v) is 2.36. The minimum atomic E-state index is -0.272. The first-order valence-electron chi connectivity index (χ1n) is 6.46. The van der Waals surface area contributed by atoms with Crippen LogP contribution in [0.1, 0.15) is 31.8 Å². The van der Waals surface area contributed by atoms with Crippen molar-refractivity contribution in [2.75, 3.05) is 0 Å². The average molecular weight is 316 g/mol. The third kappa shape index (κ3) is 2.58. The summed E-state index contributed by atoms with van der Waals surface area (Å²) in [5.74, 6) is -0.556. The van der Waals surface area contributed by atoms with Crippen molar-refractivity contribution in [1.82, 2.24) is 4.90 Å². The first-order valence-corrected chi connectivity index (χ1v) is 6.46. The van der Waals surface area contributed by atoms with Crippen LogP contribution in [0.3, 0.4) is 0 Å². The van der Waals surface area contributed by atoms with Gasteiger partial charge in [-0.25, -0.2) is 0 Å². The van der Waals surface area contributed by atoms with Crippen LogP contribution in [0.2, 0.25) is 0 Å². The molecule has 0 fully saturated rings. The molecule has 6 heteroatoms. The van der Waals surface area contributed by atoms with E-state index in [1.54, 1.807) is 48.5 Å². The highest BCUT2D eigenvalue weighted by atomic mass is 35.5. The maximum atomic E-state index is 12.2. The number of nitrogens with one attached hydrogen (secondary N) is 1. The zero-order valence-electron chi connectivity index (χ0n) is 11.6. The van der Waals surface area contributed by atoms with Crippen LogP contribution < -0.4 is 5.73 Å². The zero-order chi connectivity index (χ0) is 15.0. The summed E-state index contributed by atoms with van der Waals surface area (Å²) in [5.41, 5.74) is 7.71. The predicted molar refractivity (Wildman–Crippen MR) is 85.4 cm³/mol. The molecule has 3 N–H and O–H groups in total. The Bertz CT molecular complexity index is 721. The molecule has 0 saturated carbocycles. The number of nitrogens with zero attached hydrogens (tertiary/aromatic N) is 1. The Morgan fingerprint density at radius 1 is 0.955 bits per heavy atom. The highest BCUT2D eigenvalue weighted by molar-refractivity contribution is 6.21. The van der Waals surface area contributed by atoms with Crippen LogP contribution in [-0.4, -0.2) is 22.5 Å². The van der Waals surface area contributed by atoms with Crippen LogP contribution >= 0.6 is 12.4 Å². The van der Waals surface area contributed by atoms with Crippen molar-refractivity contribution in [3.63, 3.8) is 0 Å². The fraction of sp³-hybridized carbons (Fsp3) is 0.0625. The Kier molecular flexibility index (Phi) is 4.28. The third-order valence-corrected chi connectivity index (χ3v) is 3.48. The van der Waals surface area contributed by atoms with E-state index in [-0.39, 0.29) is 36.6 Å². The number of hydrogen-bond donors (Lipinski definition) is 2. The van der Waals surface area contributed by atoms with E-state index in [9.17, 15) is 9.59 Å². The molecular formula is C16H14ClN3O2. The van der Waals surface area contributed by atoms with Gasteiger partial charge >= 0.3 is 0 Å². The molecule has 1 aliphatic heterocycles. The molecule has 3 rings (SSSR count). The lowest BCUT2D eigenvalue weighted by Gasteiger charge is -2.14. The van der Waals surface area contributed by atoms with Crippen LogP contribution in [0.4, 0.5) is 0 Å². The van der Waals surface area contributed by atoms with Gasteiger partial charge in [0.2, 0.25) is 0 Å². The number of amidine groups is 1. The largest absolute Gasteiger partial charge is 0.384 e. The summed E-state index contributed by atoms with van der Waals surface area (Å²) in [6, 6.07) is 13.7. The van der Waals surface area contributed by atoms with E-state index in [0.717, 1.165) is 5.56 Å². The molecule has 0 bridgehead atoms. The molecule has 2 aromatic carbocycles. The van der Waals surface area contributed by atoms with Gasteiger partial charge in [0.15, 0.2) is 0 Å². The van der Waals surface area contributed by atoms with Gasteiger partial charge < -0.3 is 5.73 Å². The van der Waals surface area contributed by atoms with Crippen LogP contribution in [-0.2, 0) is 6.54 Å². The molecule has 1 heterocycles. The van der Waals surface area contributed by atoms with Crippen LogP contribution in [0, 0.1) is 5.41 Å². The van der Waals surface area contributed by atoms with Crippen molar-refractivity contribution < 1.29 is 9.59 Å². The lowest BCUT2D eigenvalue weighted by molar-refractivity contribution is 0.0642. The highest BCUT2D eigenvalue weighted by Crippen LogP contribution is 2.24. The lowest BCUT2D eigenvalue weighted by Crippen LogP contribution is -2.29. The van der Waals surface area contributed by atoms with Gasteiger partial charge in [-0.3, -0.25) is 19.9 Å². The standard InChI is InChI=1S/C16H13N3O2.ClH/c17-14(18)11-7-5-10(6-8-11)9-19-15(20)12-3-1-2-4-13(12)16(19)21;/h1-8H,9H2,(H3,17,18);1H. The molecule has 2 amide bonds. The molecule has 0 unspecified atom stereocenters. The maximum absolute atomic E-state index is 12.2. The molecule has 0 spiro atoms. The van der Waals surface area contributed by atoms with Gasteiger partial charge in [-0.05, 0) is 17.7 Å². The number of carbonyl (C=O) groups is 2. The quantitative estimate of drug-likeness (QED) is 0.517. The third-order valence-electron chi connectivity index (χ3n) is 3.48. The molecule has 0 atom stereocenters. The minimum Gasteiger partial charge on any atom is -0.384 e. The summed E-state index contributed by atoms with van der Waals surface area (Å²) >= 11 is 0. The summed E-state index contributed by atoms with van der Waals surface area (Å²) in [7, 11) is 0. The number of imide groups is 1. The van der Waals surface area contributed by atoms with Gasteiger partial charge in [0.1, 0.15) is 5.84 Å². The topological polar surface area (TPSA) is 87.2 Å². The van der Waals surface area contributed by atoms with E-state index in [1.807, 2.05) is 0 Å². The number of halogens is 1. The van der Waals surface area contributed by atoms with Crippen LogP contribution in [0.25, 0.3) is 0 Å². The molecule has 5 nitrogen and oxygen atoms in total. The number of benzene rings is 2. The number of carbonyl (C=O) groups excluding carboxylic acids is 2. The molecule has 0 aromatic heterocycles. The van der Waals surface area contributed by atoms with Gasteiger partial charge in [-0.1, -0.05) is 36.4 Å². The smallest absolute Gasteiger partial charge is 0.261 e. The SMILES string of the molecule is Cl.N=C(N)c1ccc(CN2C(=O)c3ccccc3C2=O)cc1. The Balaban J connectivity index is 0.00000176. The zero-order valence-corrected chi connectivity index (χ0v) is 12.4. The molecule has 0 saturated heterocycles. The van der Waals surface area contributed by atoms with E-state index in [1.165, 1.54) is 4.90 Å². The summed E-state index contributed by atoms with van der Waals surface area (Å²) in [5, 5.41) is 7.34. The molecular weight excluding hydrogens is 302 g/mol. The van der Waals surface area contributed by atoms with Crippen molar-refractivity contribution in [2.45, 2.75) is 6.54 Å². The molecule has 0 aliphatic carbocycles. The van der Waals surface area contributed by atoms with Gasteiger partial charge in [0.05, 0.1) is 17.7 Å². The molecule has 112 valence electrons. The van der Waals surface area contributed by atoms with E-state index in [0.29, 0.717) is 16.7 Å². The summed E-state index contributed by atoms with van der Waals surface area (Å²) in [6.45, 7) is 0.213. The van der Waals surface area contributed by atoms with E-state index in [2.05, 4.69) is 0 Å². The van der Waals surface area contributed by atoms with Crippen molar-refractivity contribution in [2.24, 2.45) is 5.73 Å². The van der Waals surface area contributed by atoms with Crippen LogP contribution in [0.5, 0.6) is 0 Å². The van der Waals surface area contributed by atoms with Gasteiger partial charge in [0.25, 0.3) is 11.8 Å². The number of nitrogen functional groups attached to an aromatic ring is 1. The molecule has 22 heavy (non-hydrogen) atoms. The van der Waals surface area contributed by atoms with Crippen molar-refractivity contribution >= 4 is 30.1 Å². The maximum Gasteiger partial charge on any atom is 0.261 e. The number of fused-ring (bicyclic) bond motifs is 1. The summed E-state index contributed by atoms with van der Waals surface area (Å²) in [6.07, 6.45) is 0. The van der Waals surface area contributed by atoms with Crippen molar-refractivity contribution in [1.29, 1.82) is 5.41 Å². The van der Waals surface area contributed by atoms with E-state index < -0.39 is 0 Å². The Labute approximate surface area is 133 Å². The normalized spacial score (nSPS) is 12.8. The number of nitrogens with two attached hydrogens (primary N) is 1. The Morgan fingerprint density at radius 3 is 1.91 bits per heavy atom. The lowest BCUT2D eigenvalue weighted by atomic mass is 10.1. The second-order valence-electron chi connectivity index (χ2n) is 4.85. The first-order chi connectivity index (χ1) is 10.1. The minimum absolute atomic E-state index is 0. The Hall–Kier alpha value is -2.66.